The largest absolute Gasteiger partial charge is 0.501 e. The van der Waals surface area contributed by atoms with Gasteiger partial charge in [-0.3, -0.25) is 14.7 Å². The number of alkyl halides is 3. The number of halogens is 3. The average molecular weight is 489 g/mol. The summed E-state index contributed by atoms with van der Waals surface area (Å²) in [5.74, 6) is -0.652. The number of aryl methyl sites for hydroxylation is 1. The highest BCUT2D eigenvalue weighted by Crippen LogP contribution is 2.56. The normalized spacial score (nSPS) is 22.8. The minimum Gasteiger partial charge on any atom is -0.277 e. The molecule has 176 valence electrons. The van der Waals surface area contributed by atoms with E-state index in [4.69, 9.17) is 0 Å². The second kappa shape index (κ2) is 7.02. The Kier molecular flexibility index (Phi) is 4.61. The molecule has 2 atom stereocenters. The predicted molar refractivity (Wildman–Crippen MR) is 118 cm³/mol. The quantitative estimate of drug-likeness (QED) is 0.503. The summed E-state index contributed by atoms with van der Waals surface area (Å²) in [7, 11) is -5.55. The maximum Gasteiger partial charge on any atom is 0.501 e. The molecule has 2 heterocycles. The molecule has 1 saturated carbocycles. The topological polar surface area (TPSA) is 87.7 Å². The van der Waals surface area contributed by atoms with Crippen molar-refractivity contribution in [2.24, 2.45) is 5.92 Å². The molecular weight excluding hydrogens is 471 g/mol. The third kappa shape index (κ3) is 2.89. The number of amides is 3. The molecule has 2 fully saturated rings. The number of hydrogen-bond acceptors (Lipinski definition) is 5. The first kappa shape index (κ1) is 22.3. The van der Waals surface area contributed by atoms with Crippen molar-refractivity contribution in [2.45, 2.75) is 36.2 Å². The molecule has 2 aliphatic rings. The smallest absolute Gasteiger partial charge is 0.277 e. The molecule has 2 unspecified atom stereocenters. The van der Waals surface area contributed by atoms with Gasteiger partial charge in [-0.05, 0) is 61.2 Å². The van der Waals surface area contributed by atoms with E-state index < -0.39 is 37.7 Å². The standard InChI is InChI=1S/C23H18F3N3O4S/c1-13-4-3-5-17-19(13)18(10-11-27-17)29-21(31)28(20(30)22(29)12-14(22)2)15-6-8-16(9-7-15)34(32,33)23(24,25)26/h3-11,14H,12H2,1-2H3. The van der Waals surface area contributed by atoms with Gasteiger partial charge in [-0.25, -0.2) is 18.1 Å². The number of sulfone groups is 1. The molecule has 3 aromatic rings. The molecule has 5 rings (SSSR count). The van der Waals surface area contributed by atoms with Crippen LogP contribution in [0.25, 0.3) is 10.9 Å². The molecule has 2 aromatic carbocycles. The van der Waals surface area contributed by atoms with Crippen LogP contribution in [0, 0.1) is 12.8 Å². The van der Waals surface area contributed by atoms with Crippen LogP contribution in [0.15, 0.2) is 59.6 Å². The first-order valence-electron chi connectivity index (χ1n) is 10.4. The van der Waals surface area contributed by atoms with Crippen LogP contribution in [-0.4, -0.2) is 36.4 Å². The van der Waals surface area contributed by atoms with E-state index in [0.29, 0.717) is 17.6 Å². The van der Waals surface area contributed by atoms with Gasteiger partial charge in [0.25, 0.3) is 15.7 Å². The number of aromatic nitrogens is 1. The molecule has 0 radical (unpaired) electrons. The number of hydrogen-bond donors (Lipinski definition) is 0. The summed E-state index contributed by atoms with van der Waals surface area (Å²) in [6.45, 7) is 3.72. The first-order valence-corrected chi connectivity index (χ1v) is 11.8. The van der Waals surface area contributed by atoms with Crippen LogP contribution in [0.4, 0.5) is 29.3 Å². The van der Waals surface area contributed by atoms with E-state index in [-0.39, 0.29) is 11.6 Å². The summed E-state index contributed by atoms with van der Waals surface area (Å²) in [4.78, 5) is 32.9. The van der Waals surface area contributed by atoms with Crippen LogP contribution < -0.4 is 9.80 Å². The molecular formula is C23H18F3N3O4S. The van der Waals surface area contributed by atoms with Gasteiger partial charge < -0.3 is 0 Å². The van der Waals surface area contributed by atoms with E-state index in [0.717, 1.165) is 40.1 Å². The number of nitrogens with zero attached hydrogens (tertiary/aromatic N) is 3. The lowest BCUT2D eigenvalue weighted by Crippen LogP contribution is -2.39. The summed E-state index contributed by atoms with van der Waals surface area (Å²) < 4.78 is 62.0. The van der Waals surface area contributed by atoms with Gasteiger partial charge >= 0.3 is 11.5 Å². The fraction of sp³-hybridized carbons (Fsp3) is 0.261. The number of pyridine rings is 1. The summed E-state index contributed by atoms with van der Waals surface area (Å²) in [5, 5.41) is 0.720. The average Bonchev–Trinajstić information content (AvgIpc) is 3.39. The molecule has 11 heteroatoms. The number of carbonyl (C=O) groups is 2. The SMILES string of the molecule is Cc1cccc2nccc(N3C(=O)N(c4ccc(S(=O)(=O)C(F)(F)F)cc4)C(=O)C34CC4C)c12. The second-order valence-corrected chi connectivity index (χ2v) is 10.5. The fourth-order valence-corrected chi connectivity index (χ4v) is 5.43. The minimum absolute atomic E-state index is 0.00724. The van der Waals surface area contributed by atoms with Crippen molar-refractivity contribution in [1.82, 2.24) is 4.98 Å². The van der Waals surface area contributed by atoms with Gasteiger partial charge in [0.2, 0.25) is 0 Å². The van der Waals surface area contributed by atoms with Crippen molar-refractivity contribution < 1.29 is 31.2 Å². The van der Waals surface area contributed by atoms with Gasteiger partial charge in [0.05, 0.1) is 21.8 Å². The Balaban J connectivity index is 1.61. The van der Waals surface area contributed by atoms with E-state index in [1.807, 2.05) is 26.0 Å². The highest BCUT2D eigenvalue weighted by molar-refractivity contribution is 7.92. The Bertz CT molecular complexity index is 1470. The van der Waals surface area contributed by atoms with E-state index >= 15 is 0 Å². The van der Waals surface area contributed by atoms with Gasteiger partial charge in [-0.1, -0.05) is 19.1 Å². The lowest BCUT2D eigenvalue weighted by Gasteiger charge is -2.24. The van der Waals surface area contributed by atoms with Crippen LogP contribution in [0.1, 0.15) is 18.9 Å². The maximum absolute atomic E-state index is 13.6. The fourth-order valence-electron chi connectivity index (χ4n) is 4.67. The Labute approximate surface area is 192 Å². The van der Waals surface area contributed by atoms with Crippen LogP contribution >= 0.6 is 0 Å². The molecule has 7 nitrogen and oxygen atoms in total. The van der Waals surface area contributed by atoms with E-state index in [1.165, 1.54) is 4.90 Å². The molecule has 34 heavy (non-hydrogen) atoms. The highest BCUT2D eigenvalue weighted by atomic mass is 32.2. The summed E-state index contributed by atoms with van der Waals surface area (Å²) >= 11 is 0. The van der Waals surface area contributed by atoms with Gasteiger partial charge in [0, 0.05) is 11.6 Å². The van der Waals surface area contributed by atoms with Crippen molar-refractivity contribution in [1.29, 1.82) is 0 Å². The van der Waals surface area contributed by atoms with Gasteiger partial charge in [-0.15, -0.1) is 0 Å². The number of anilines is 2. The predicted octanol–water partition coefficient (Wildman–Crippen LogP) is 4.59. The van der Waals surface area contributed by atoms with Crippen LogP contribution in [-0.2, 0) is 14.6 Å². The van der Waals surface area contributed by atoms with Crippen LogP contribution in [0.2, 0.25) is 0 Å². The van der Waals surface area contributed by atoms with Crippen molar-refractivity contribution >= 4 is 44.1 Å². The number of rotatable bonds is 3. The van der Waals surface area contributed by atoms with Gasteiger partial charge in [0.15, 0.2) is 0 Å². The Morgan fingerprint density at radius 2 is 1.71 bits per heavy atom. The Hall–Kier alpha value is -3.47. The zero-order valence-corrected chi connectivity index (χ0v) is 18.8. The molecule has 1 aliphatic carbocycles. The lowest BCUT2D eigenvalue weighted by atomic mass is 10.1. The Morgan fingerprint density at radius 1 is 1.06 bits per heavy atom. The van der Waals surface area contributed by atoms with E-state index in [2.05, 4.69) is 4.98 Å². The highest BCUT2D eigenvalue weighted by Gasteiger charge is 2.70. The maximum atomic E-state index is 13.6. The third-order valence-corrected chi connectivity index (χ3v) is 8.03. The van der Waals surface area contributed by atoms with Gasteiger partial charge in [-0.2, -0.15) is 13.2 Å². The van der Waals surface area contributed by atoms with Crippen molar-refractivity contribution in [3.63, 3.8) is 0 Å². The number of benzene rings is 2. The number of fused-ring (bicyclic) bond motifs is 1. The monoisotopic (exact) mass is 489 g/mol. The molecule has 0 bridgehead atoms. The molecule has 1 aliphatic heterocycles. The van der Waals surface area contributed by atoms with Gasteiger partial charge in [0.1, 0.15) is 5.54 Å². The lowest BCUT2D eigenvalue weighted by molar-refractivity contribution is -0.119. The second-order valence-electron chi connectivity index (χ2n) is 8.53. The summed E-state index contributed by atoms with van der Waals surface area (Å²) in [6.07, 6.45) is 1.97. The van der Waals surface area contributed by atoms with Crippen LogP contribution in [0.5, 0.6) is 0 Å². The number of carbonyl (C=O) groups excluding carboxylic acids is 2. The zero-order chi connectivity index (χ0) is 24.6. The van der Waals surface area contributed by atoms with Crippen molar-refractivity contribution in [3.8, 4) is 0 Å². The first-order chi connectivity index (χ1) is 15.9. The van der Waals surface area contributed by atoms with Crippen LogP contribution in [0.3, 0.4) is 0 Å². The summed E-state index contributed by atoms with van der Waals surface area (Å²) in [5.41, 5.74) is -4.55. The van der Waals surface area contributed by atoms with Crippen molar-refractivity contribution in [2.75, 3.05) is 9.80 Å². The molecule has 1 aromatic heterocycles. The van der Waals surface area contributed by atoms with Crippen molar-refractivity contribution in [3.05, 3.63) is 60.3 Å². The molecule has 1 spiro atoms. The minimum atomic E-state index is -5.55. The zero-order valence-electron chi connectivity index (χ0n) is 18.0. The molecule has 3 amide bonds. The van der Waals surface area contributed by atoms with E-state index in [9.17, 15) is 31.2 Å². The Morgan fingerprint density at radius 3 is 2.29 bits per heavy atom. The summed E-state index contributed by atoms with van der Waals surface area (Å²) in [6, 6.07) is 10.1. The number of imide groups is 1. The number of urea groups is 1. The molecule has 0 N–H and O–H groups in total. The third-order valence-electron chi connectivity index (χ3n) is 6.53. The van der Waals surface area contributed by atoms with E-state index in [1.54, 1.807) is 18.3 Å². The molecule has 1 saturated heterocycles.